The maximum absolute atomic E-state index is 9.65. The first-order valence-electron chi connectivity index (χ1n) is 7.77. The van der Waals surface area contributed by atoms with E-state index in [1.165, 1.54) is 20.9 Å². The van der Waals surface area contributed by atoms with Crippen LogP contribution < -0.4 is 5.32 Å². The Hall–Kier alpha value is -1.81. The number of halogens is 2. The first kappa shape index (κ1) is 18.0. The summed E-state index contributed by atoms with van der Waals surface area (Å²) in [5.41, 5.74) is 3.19. The van der Waals surface area contributed by atoms with E-state index in [4.69, 9.17) is 23.2 Å². The van der Waals surface area contributed by atoms with Gasteiger partial charge < -0.3 is 10.4 Å². The van der Waals surface area contributed by atoms with Crippen LogP contribution in [0.3, 0.4) is 0 Å². The van der Waals surface area contributed by atoms with Gasteiger partial charge in [-0.1, -0.05) is 70.9 Å². The molecule has 0 saturated carbocycles. The van der Waals surface area contributed by atoms with E-state index in [1.807, 2.05) is 12.1 Å². The second-order valence-corrected chi connectivity index (χ2v) is 7.59. The molecule has 0 aromatic heterocycles. The van der Waals surface area contributed by atoms with Gasteiger partial charge in [-0.05, 0) is 42.8 Å². The van der Waals surface area contributed by atoms with Gasteiger partial charge in [0.15, 0.2) is 5.75 Å². The summed E-state index contributed by atoms with van der Waals surface area (Å²) in [5.74, 6) is -0.0933. The van der Waals surface area contributed by atoms with E-state index in [2.05, 4.69) is 48.6 Å². The highest BCUT2D eigenvalue weighted by Crippen LogP contribution is 2.35. The molecule has 3 aromatic carbocycles. The largest absolute Gasteiger partial charge is 0.505 e. The van der Waals surface area contributed by atoms with Gasteiger partial charge in [0.25, 0.3) is 0 Å². The number of aryl methyl sites for hydroxylation is 1. The first-order valence-corrected chi connectivity index (χ1v) is 9.34. The van der Waals surface area contributed by atoms with Crippen molar-refractivity contribution in [3.63, 3.8) is 0 Å². The zero-order chi connectivity index (χ0) is 17.8. The molecule has 0 aliphatic heterocycles. The van der Waals surface area contributed by atoms with Gasteiger partial charge in [-0.15, -0.1) is 0 Å². The molecule has 3 rings (SSSR count). The van der Waals surface area contributed by atoms with Gasteiger partial charge in [-0.25, -0.2) is 0 Å². The van der Waals surface area contributed by atoms with Gasteiger partial charge >= 0.3 is 0 Å². The fraction of sp³-hybridized carbons (Fsp3) is 0.100. The van der Waals surface area contributed by atoms with E-state index in [9.17, 15) is 5.11 Å². The molecule has 2 nitrogen and oxygen atoms in total. The zero-order valence-electron chi connectivity index (χ0n) is 13.6. The summed E-state index contributed by atoms with van der Waals surface area (Å²) in [5, 5.41) is 13.4. The highest BCUT2D eigenvalue weighted by molar-refractivity contribution is 7.99. The number of aromatic hydroxyl groups is 1. The Kier molecular flexibility index (Phi) is 5.79. The average molecular weight is 390 g/mol. The lowest BCUT2D eigenvalue weighted by molar-refractivity contribution is 0.476. The minimum atomic E-state index is -0.0933. The fourth-order valence-electron chi connectivity index (χ4n) is 2.35. The second-order valence-electron chi connectivity index (χ2n) is 5.66. The number of phenols is 1. The number of anilines is 1. The molecular formula is C20H17Cl2NOS. The number of nitrogens with one attached hydrogen (secondary N) is 1. The third-order valence-electron chi connectivity index (χ3n) is 3.72. The highest BCUT2D eigenvalue weighted by Gasteiger charge is 2.08. The summed E-state index contributed by atoms with van der Waals surface area (Å²) >= 11 is 13.7. The minimum absolute atomic E-state index is 0.0933. The molecule has 0 radical (unpaired) electrons. The van der Waals surface area contributed by atoms with Gasteiger partial charge in [-0.3, -0.25) is 0 Å². The quantitative estimate of drug-likeness (QED) is 0.472. The van der Waals surface area contributed by atoms with E-state index in [0.717, 1.165) is 5.69 Å². The van der Waals surface area contributed by atoms with Crippen molar-refractivity contribution in [2.24, 2.45) is 0 Å². The Morgan fingerprint density at radius 3 is 2.28 bits per heavy atom. The van der Waals surface area contributed by atoms with Crippen molar-refractivity contribution in [2.45, 2.75) is 23.3 Å². The summed E-state index contributed by atoms with van der Waals surface area (Å²) in [6, 6.07) is 20.1. The molecule has 3 aromatic rings. The third-order valence-corrected chi connectivity index (χ3v) is 5.42. The van der Waals surface area contributed by atoms with Gasteiger partial charge in [0.05, 0.1) is 10.0 Å². The fourth-order valence-corrected chi connectivity index (χ4v) is 3.78. The lowest BCUT2D eigenvalue weighted by Gasteiger charge is -2.12. The van der Waals surface area contributed by atoms with E-state index in [1.54, 1.807) is 23.9 Å². The molecule has 0 amide bonds. The van der Waals surface area contributed by atoms with Gasteiger partial charge in [-0.2, -0.15) is 0 Å². The molecule has 0 spiro atoms. The number of hydrogen-bond acceptors (Lipinski definition) is 3. The maximum Gasteiger partial charge on any atom is 0.152 e. The van der Waals surface area contributed by atoms with Gasteiger partial charge in [0.2, 0.25) is 0 Å². The number of phenolic OH excluding ortho intramolecular Hbond substituents is 1. The van der Waals surface area contributed by atoms with Crippen LogP contribution in [0, 0.1) is 6.92 Å². The monoisotopic (exact) mass is 389 g/mol. The topological polar surface area (TPSA) is 32.3 Å². The number of benzene rings is 3. The van der Waals surface area contributed by atoms with Crippen LogP contribution in [0.25, 0.3) is 0 Å². The lowest BCUT2D eigenvalue weighted by atomic mass is 10.2. The standard InChI is InChI=1S/C20H17Cl2NOS/c1-13-6-8-16(9-7-13)25-19-5-3-2-4-14(19)12-23-15-10-17(21)20(24)18(22)11-15/h2-11,23-24H,12H2,1H3. The van der Waals surface area contributed by atoms with Crippen molar-refractivity contribution in [1.29, 1.82) is 0 Å². The van der Waals surface area contributed by atoms with Crippen LogP contribution in [0.5, 0.6) is 5.75 Å². The summed E-state index contributed by atoms with van der Waals surface area (Å²) in [6.07, 6.45) is 0. The van der Waals surface area contributed by atoms with Crippen molar-refractivity contribution in [1.82, 2.24) is 0 Å². The summed E-state index contributed by atoms with van der Waals surface area (Å²) in [7, 11) is 0. The van der Waals surface area contributed by atoms with Crippen LogP contribution >= 0.6 is 35.0 Å². The van der Waals surface area contributed by atoms with Crippen molar-refractivity contribution in [3.8, 4) is 5.75 Å². The SMILES string of the molecule is Cc1ccc(Sc2ccccc2CNc2cc(Cl)c(O)c(Cl)c2)cc1. The van der Waals surface area contributed by atoms with Crippen molar-refractivity contribution < 1.29 is 5.11 Å². The van der Waals surface area contributed by atoms with E-state index >= 15 is 0 Å². The van der Waals surface area contributed by atoms with E-state index < -0.39 is 0 Å². The third kappa shape index (κ3) is 4.63. The number of hydrogen-bond donors (Lipinski definition) is 2. The predicted molar refractivity (Wildman–Crippen MR) is 107 cm³/mol. The van der Waals surface area contributed by atoms with Crippen LogP contribution in [0.15, 0.2) is 70.5 Å². The number of rotatable bonds is 5. The summed E-state index contributed by atoms with van der Waals surface area (Å²) < 4.78 is 0. The van der Waals surface area contributed by atoms with E-state index in [0.29, 0.717) is 6.54 Å². The smallest absolute Gasteiger partial charge is 0.152 e. The van der Waals surface area contributed by atoms with Crippen molar-refractivity contribution in [3.05, 3.63) is 81.8 Å². The normalized spacial score (nSPS) is 10.7. The Morgan fingerprint density at radius 2 is 1.60 bits per heavy atom. The van der Waals surface area contributed by atoms with Crippen molar-refractivity contribution in [2.75, 3.05) is 5.32 Å². The molecule has 0 aliphatic rings. The molecule has 128 valence electrons. The van der Waals surface area contributed by atoms with Crippen LogP contribution in [-0.4, -0.2) is 5.11 Å². The zero-order valence-corrected chi connectivity index (χ0v) is 15.9. The second kappa shape index (κ2) is 8.05. The van der Waals surface area contributed by atoms with Crippen LogP contribution in [0.2, 0.25) is 10.0 Å². The van der Waals surface area contributed by atoms with Crippen LogP contribution in [0.4, 0.5) is 5.69 Å². The summed E-state index contributed by atoms with van der Waals surface area (Å²) in [6.45, 7) is 2.71. The molecule has 25 heavy (non-hydrogen) atoms. The summed E-state index contributed by atoms with van der Waals surface area (Å²) in [4.78, 5) is 2.39. The molecule has 0 unspecified atom stereocenters. The minimum Gasteiger partial charge on any atom is -0.505 e. The molecule has 0 heterocycles. The van der Waals surface area contributed by atoms with Gasteiger partial charge in [0, 0.05) is 22.0 Å². The molecule has 5 heteroatoms. The van der Waals surface area contributed by atoms with Crippen LogP contribution in [-0.2, 0) is 6.54 Å². The molecule has 2 N–H and O–H groups in total. The first-order chi connectivity index (χ1) is 12.0. The van der Waals surface area contributed by atoms with Gasteiger partial charge in [0.1, 0.15) is 0 Å². The average Bonchev–Trinajstić information content (AvgIpc) is 2.61. The molecule has 0 aliphatic carbocycles. The Balaban J connectivity index is 1.76. The molecule has 0 atom stereocenters. The van der Waals surface area contributed by atoms with E-state index in [-0.39, 0.29) is 15.8 Å². The molecular weight excluding hydrogens is 373 g/mol. The molecule has 0 saturated heterocycles. The lowest BCUT2D eigenvalue weighted by Crippen LogP contribution is -2.01. The Morgan fingerprint density at radius 1 is 0.960 bits per heavy atom. The Bertz CT molecular complexity index is 858. The molecule has 0 bridgehead atoms. The highest BCUT2D eigenvalue weighted by atomic mass is 35.5. The molecule has 0 fully saturated rings. The Labute approximate surface area is 161 Å². The van der Waals surface area contributed by atoms with Crippen LogP contribution in [0.1, 0.15) is 11.1 Å². The maximum atomic E-state index is 9.65. The van der Waals surface area contributed by atoms with Crippen molar-refractivity contribution >= 4 is 40.7 Å². The predicted octanol–water partition coefficient (Wildman–Crippen LogP) is 6.77.